The van der Waals surface area contributed by atoms with Gasteiger partial charge < -0.3 is 0 Å². The first-order valence-corrected chi connectivity index (χ1v) is 9.50. The number of carbonyl (C=O) groups excluding carboxylic acids is 1. The maximum Gasteiger partial charge on any atom is 0.261 e. The molecule has 2 aromatic carbocycles. The van der Waals surface area contributed by atoms with Crippen molar-refractivity contribution in [1.29, 1.82) is 0 Å². The topological polar surface area (TPSA) is 59.8 Å². The molecule has 27 heavy (non-hydrogen) atoms. The van der Waals surface area contributed by atoms with E-state index in [0.717, 1.165) is 16.9 Å². The molecule has 2 heterocycles. The normalized spacial score (nSPS) is 10.7. The van der Waals surface area contributed by atoms with Crippen LogP contribution >= 0.6 is 22.9 Å². The van der Waals surface area contributed by atoms with Gasteiger partial charge in [-0.3, -0.25) is 10.1 Å². The number of rotatable bonds is 4. The highest BCUT2D eigenvalue weighted by molar-refractivity contribution is 7.13. The fourth-order valence-corrected chi connectivity index (χ4v) is 3.46. The van der Waals surface area contributed by atoms with Gasteiger partial charge in [0, 0.05) is 22.2 Å². The summed E-state index contributed by atoms with van der Waals surface area (Å²) < 4.78 is 1.70. The zero-order valence-corrected chi connectivity index (χ0v) is 16.0. The van der Waals surface area contributed by atoms with Crippen LogP contribution in [0, 0.1) is 6.92 Å². The number of aromatic nitrogens is 3. The van der Waals surface area contributed by atoms with Crippen LogP contribution in [0.3, 0.4) is 0 Å². The molecule has 0 radical (unpaired) electrons. The summed E-state index contributed by atoms with van der Waals surface area (Å²) in [4.78, 5) is 17.2. The number of para-hydroxylation sites is 1. The molecule has 5 nitrogen and oxygen atoms in total. The summed E-state index contributed by atoms with van der Waals surface area (Å²) in [5.41, 5.74) is 3.61. The number of nitrogens with zero attached hydrogens (tertiary/aromatic N) is 3. The zero-order chi connectivity index (χ0) is 18.8. The van der Waals surface area contributed by atoms with E-state index in [2.05, 4.69) is 15.4 Å². The summed E-state index contributed by atoms with van der Waals surface area (Å²) in [6.07, 6.45) is 1.73. The van der Waals surface area contributed by atoms with Crippen molar-refractivity contribution in [2.75, 3.05) is 5.32 Å². The Morgan fingerprint density at radius 1 is 1.11 bits per heavy atom. The van der Waals surface area contributed by atoms with Crippen LogP contribution in [0.15, 0.2) is 66.2 Å². The van der Waals surface area contributed by atoms with Crippen LogP contribution in [-0.2, 0) is 0 Å². The van der Waals surface area contributed by atoms with Crippen LogP contribution < -0.4 is 5.32 Å². The van der Waals surface area contributed by atoms with Gasteiger partial charge in [-0.2, -0.15) is 5.10 Å². The molecule has 0 saturated carbocycles. The quantitative estimate of drug-likeness (QED) is 0.516. The minimum Gasteiger partial charge on any atom is -0.298 e. The van der Waals surface area contributed by atoms with E-state index in [0.29, 0.717) is 21.4 Å². The van der Waals surface area contributed by atoms with E-state index in [-0.39, 0.29) is 5.91 Å². The third-order valence-electron chi connectivity index (χ3n) is 3.94. The lowest BCUT2D eigenvalue weighted by Gasteiger charge is -2.03. The number of benzene rings is 2. The Morgan fingerprint density at radius 2 is 1.85 bits per heavy atom. The lowest BCUT2D eigenvalue weighted by molar-refractivity contribution is 0.102. The molecule has 7 heteroatoms. The molecule has 134 valence electrons. The molecule has 0 aliphatic rings. The van der Waals surface area contributed by atoms with Crippen molar-refractivity contribution in [3.05, 3.63) is 82.5 Å². The van der Waals surface area contributed by atoms with Gasteiger partial charge in [-0.15, -0.1) is 11.3 Å². The van der Waals surface area contributed by atoms with Crippen LogP contribution in [0.2, 0.25) is 5.02 Å². The molecular formula is C20H15ClN4OS. The summed E-state index contributed by atoms with van der Waals surface area (Å²) in [5, 5.41) is 10.6. The van der Waals surface area contributed by atoms with E-state index in [1.807, 2.05) is 54.8 Å². The Hall–Kier alpha value is -2.96. The Balaban J connectivity index is 1.77. The minimum atomic E-state index is -0.253. The lowest BCUT2D eigenvalue weighted by Crippen LogP contribution is -2.12. The molecular weight excluding hydrogens is 380 g/mol. The van der Waals surface area contributed by atoms with Crippen molar-refractivity contribution in [3.8, 4) is 16.9 Å². The van der Waals surface area contributed by atoms with Crippen LogP contribution in [0.5, 0.6) is 0 Å². The first-order chi connectivity index (χ1) is 13.1. The SMILES string of the molecule is Cc1csc(NC(=O)c2cn(-c3ccccc3)nc2-c2ccc(Cl)cc2)n1. The Labute approximate surface area is 165 Å². The number of thiazole rings is 1. The fourth-order valence-electron chi connectivity index (χ4n) is 2.65. The first kappa shape index (κ1) is 17.5. The monoisotopic (exact) mass is 394 g/mol. The van der Waals surface area contributed by atoms with Gasteiger partial charge in [-0.1, -0.05) is 41.9 Å². The van der Waals surface area contributed by atoms with Crippen molar-refractivity contribution < 1.29 is 4.79 Å². The van der Waals surface area contributed by atoms with Crippen molar-refractivity contribution in [1.82, 2.24) is 14.8 Å². The van der Waals surface area contributed by atoms with Gasteiger partial charge in [0.1, 0.15) is 5.69 Å². The van der Waals surface area contributed by atoms with E-state index >= 15 is 0 Å². The lowest BCUT2D eigenvalue weighted by atomic mass is 10.1. The number of anilines is 1. The summed E-state index contributed by atoms with van der Waals surface area (Å²) in [6, 6.07) is 16.9. The van der Waals surface area contributed by atoms with Gasteiger partial charge in [-0.05, 0) is 31.2 Å². The maximum absolute atomic E-state index is 12.9. The van der Waals surface area contributed by atoms with Crippen LogP contribution in [0.1, 0.15) is 16.1 Å². The third-order valence-corrected chi connectivity index (χ3v) is 5.06. The molecule has 0 atom stereocenters. The molecule has 0 spiro atoms. The molecule has 1 amide bonds. The Bertz CT molecular complexity index is 1090. The van der Waals surface area contributed by atoms with Gasteiger partial charge in [0.15, 0.2) is 5.13 Å². The number of nitrogens with one attached hydrogen (secondary N) is 1. The second-order valence-electron chi connectivity index (χ2n) is 5.93. The number of hydrogen-bond donors (Lipinski definition) is 1. The highest BCUT2D eigenvalue weighted by Crippen LogP contribution is 2.26. The average molecular weight is 395 g/mol. The number of hydrogen-bond acceptors (Lipinski definition) is 4. The standard InChI is InChI=1S/C20H15ClN4OS/c1-13-12-27-20(22-13)23-19(26)17-11-25(16-5-3-2-4-6-16)24-18(17)14-7-9-15(21)10-8-14/h2-12H,1H3,(H,22,23,26). The number of halogens is 1. The second-order valence-corrected chi connectivity index (χ2v) is 7.22. The number of amides is 1. The van der Waals surface area contributed by atoms with Crippen molar-refractivity contribution in [2.45, 2.75) is 6.92 Å². The molecule has 0 aliphatic heterocycles. The highest BCUT2D eigenvalue weighted by Gasteiger charge is 2.19. The predicted molar refractivity (Wildman–Crippen MR) is 109 cm³/mol. The smallest absolute Gasteiger partial charge is 0.261 e. The summed E-state index contributed by atoms with van der Waals surface area (Å²) in [6.45, 7) is 1.89. The van der Waals surface area contributed by atoms with Crippen LogP contribution in [-0.4, -0.2) is 20.7 Å². The third kappa shape index (κ3) is 3.77. The maximum atomic E-state index is 12.9. The molecule has 4 aromatic rings. The van der Waals surface area contributed by atoms with Crippen LogP contribution in [0.4, 0.5) is 5.13 Å². The summed E-state index contributed by atoms with van der Waals surface area (Å²) >= 11 is 7.39. The minimum absolute atomic E-state index is 0.253. The summed E-state index contributed by atoms with van der Waals surface area (Å²) in [5.74, 6) is -0.253. The summed E-state index contributed by atoms with van der Waals surface area (Å²) in [7, 11) is 0. The van der Waals surface area contributed by atoms with Gasteiger partial charge >= 0.3 is 0 Å². The van der Waals surface area contributed by atoms with E-state index in [1.165, 1.54) is 11.3 Å². The molecule has 1 N–H and O–H groups in total. The van der Waals surface area contributed by atoms with E-state index in [1.54, 1.807) is 23.0 Å². The first-order valence-electron chi connectivity index (χ1n) is 8.24. The van der Waals surface area contributed by atoms with Crippen molar-refractivity contribution in [2.24, 2.45) is 0 Å². The second kappa shape index (κ2) is 7.34. The number of aryl methyl sites for hydroxylation is 1. The van der Waals surface area contributed by atoms with Gasteiger partial charge in [0.05, 0.1) is 16.9 Å². The molecule has 0 saturated heterocycles. The highest BCUT2D eigenvalue weighted by atomic mass is 35.5. The fraction of sp³-hybridized carbons (Fsp3) is 0.0500. The molecule has 2 aromatic heterocycles. The van der Waals surface area contributed by atoms with E-state index in [9.17, 15) is 4.79 Å². The van der Waals surface area contributed by atoms with Gasteiger partial charge in [-0.25, -0.2) is 9.67 Å². The molecule has 0 unspecified atom stereocenters. The number of carbonyl (C=O) groups is 1. The molecule has 0 fully saturated rings. The van der Waals surface area contributed by atoms with Gasteiger partial charge in [0.2, 0.25) is 0 Å². The van der Waals surface area contributed by atoms with Crippen molar-refractivity contribution >= 4 is 34.0 Å². The molecule has 0 aliphatic carbocycles. The molecule has 4 rings (SSSR count). The average Bonchev–Trinajstić information content (AvgIpc) is 3.30. The Morgan fingerprint density at radius 3 is 2.52 bits per heavy atom. The van der Waals surface area contributed by atoms with Crippen LogP contribution in [0.25, 0.3) is 16.9 Å². The van der Waals surface area contributed by atoms with Crippen molar-refractivity contribution in [3.63, 3.8) is 0 Å². The van der Waals surface area contributed by atoms with Gasteiger partial charge in [0.25, 0.3) is 5.91 Å². The zero-order valence-electron chi connectivity index (χ0n) is 14.4. The van der Waals surface area contributed by atoms with E-state index in [4.69, 9.17) is 11.6 Å². The molecule has 0 bridgehead atoms. The predicted octanol–water partition coefficient (Wildman–Crippen LogP) is 5.21. The largest absolute Gasteiger partial charge is 0.298 e. The Kier molecular flexibility index (Phi) is 4.75. The van der Waals surface area contributed by atoms with E-state index < -0.39 is 0 Å².